The summed E-state index contributed by atoms with van der Waals surface area (Å²) < 4.78 is 31.5. The highest BCUT2D eigenvalue weighted by Crippen LogP contribution is 2.11. The Balaban J connectivity index is 0.000000441. The van der Waals surface area contributed by atoms with Crippen molar-refractivity contribution in [3.8, 4) is 0 Å². The van der Waals surface area contributed by atoms with Crippen molar-refractivity contribution in [2.45, 2.75) is 12.6 Å². The van der Waals surface area contributed by atoms with Crippen LogP contribution >= 0.6 is 0 Å². The lowest BCUT2D eigenvalue weighted by Gasteiger charge is -2.18. The minimum absolute atomic E-state index is 0.233. The molecule has 1 amide bonds. The van der Waals surface area contributed by atoms with Gasteiger partial charge in [-0.05, 0) is 0 Å². The minimum atomic E-state index is -5.19. The summed E-state index contributed by atoms with van der Waals surface area (Å²) in [7, 11) is 3.63. The van der Waals surface area contributed by atoms with E-state index in [4.69, 9.17) is 9.90 Å². The van der Waals surface area contributed by atoms with Crippen molar-refractivity contribution in [3.05, 3.63) is 0 Å². The van der Waals surface area contributed by atoms with Crippen LogP contribution in [0.2, 0.25) is 0 Å². The summed E-state index contributed by atoms with van der Waals surface area (Å²) in [5.74, 6) is -2.77. The van der Waals surface area contributed by atoms with Crippen molar-refractivity contribution in [1.29, 1.82) is 0 Å². The van der Waals surface area contributed by atoms with E-state index >= 15 is 0 Å². The topological polar surface area (TPSA) is 76.9 Å². The second-order valence-corrected chi connectivity index (χ2v) is 4.60. The van der Waals surface area contributed by atoms with Crippen molar-refractivity contribution in [2.75, 3.05) is 46.8 Å². The van der Waals surface area contributed by atoms with Crippen LogP contribution in [-0.4, -0.2) is 69.8 Å². The lowest BCUT2D eigenvalue weighted by molar-refractivity contribution is -0.889. The molecule has 1 atom stereocenters. The van der Waals surface area contributed by atoms with E-state index in [0.717, 1.165) is 26.2 Å². The van der Waals surface area contributed by atoms with Gasteiger partial charge in [0, 0.05) is 33.6 Å². The van der Waals surface area contributed by atoms with Gasteiger partial charge in [-0.15, -0.1) is 0 Å². The van der Waals surface area contributed by atoms with Gasteiger partial charge >= 0.3 is 6.18 Å². The molecule has 1 aliphatic heterocycles. The van der Waals surface area contributed by atoms with Gasteiger partial charge in [0.25, 0.3) is 5.91 Å². The Morgan fingerprint density at radius 3 is 2.25 bits per heavy atom. The maximum absolute atomic E-state index is 11.4. The van der Waals surface area contributed by atoms with Crippen LogP contribution in [0.5, 0.6) is 0 Å². The van der Waals surface area contributed by atoms with Crippen molar-refractivity contribution in [1.82, 2.24) is 10.2 Å². The van der Waals surface area contributed by atoms with Gasteiger partial charge in [0.2, 0.25) is 0 Å². The van der Waals surface area contributed by atoms with E-state index in [2.05, 4.69) is 5.32 Å². The van der Waals surface area contributed by atoms with Crippen LogP contribution in [0.15, 0.2) is 0 Å². The molecule has 0 spiro atoms. The van der Waals surface area contributed by atoms with E-state index in [1.807, 2.05) is 14.1 Å². The molecule has 0 aromatic rings. The Labute approximate surface area is 115 Å². The molecular formula is C11H20F3N3O3. The number of carbonyl (C=O) groups excluding carboxylic acids is 2. The second-order valence-electron chi connectivity index (χ2n) is 4.60. The highest BCUT2D eigenvalue weighted by molar-refractivity contribution is 5.76. The van der Waals surface area contributed by atoms with Crippen LogP contribution < -0.4 is 15.3 Å². The fourth-order valence-corrected chi connectivity index (χ4v) is 1.53. The zero-order valence-corrected chi connectivity index (χ0v) is 11.5. The molecule has 1 heterocycles. The van der Waals surface area contributed by atoms with Crippen molar-refractivity contribution in [3.63, 3.8) is 0 Å². The molecule has 0 saturated carbocycles. The van der Waals surface area contributed by atoms with Crippen LogP contribution in [0.4, 0.5) is 13.2 Å². The quantitative estimate of drug-likeness (QED) is 0.580. The number of hydrogen-bond acceptors (Lipinski definition) is 4. The first-order chi connectivity index (χ1) is 9.14. The number of likely N-dealkylation sites (N-methyl/N-ethyl adjacent to an activating group) is 1. The molecule has 9 heteroatoms. The number of nitrogens with zero attached hydrogens (tertiary/aromatic N) is 1. The normalized spacial score (nSPS) is 19.4. The third-order valence-corrected chi connectivity index (χ3v) is 2.67. The van der Waals surface area contributed by atoms with Gasteiger partial charge in [-0.3, -0.25) is 4.79 Å². The average molecular weight is 299 g/mol. The standard InChI is InChI=1S/C9H19N3O.C2HF3O2/c1-11(2)9(13)8-12-6-3-4-10-5-7-12;3-2(4,5)1(6)7/h10H,3-8H2,1-2H3;(H,6,7). The van der Waals surface area contributed by atoms with E-state index in [1.165, 1.54) is 11.3 Å². The number of carboxylic acids is 1. The number of halogens is 3. The summed E-state index contributed by atoms with van der Waals surface area (Å²) in [4.78, 5) is 23.3. The predicted octanol–water partition coefficient (Wildman–Crippen LogP) is -2.75. The van der Waals surface area contributed by atoms with Crippen molar-refractivity contribution < 1.29 is 32.8 Å². The lowest BCUT2D eigenvalue weighted by Crippen LogP contribution is -3.13. The Bertz CT molecular complexity index is 314. The molecule has 0 aromatic heterocycles. The van der Waals surface area contributed by atoms with E-state index in [9.17, 15) is 18.0 Å². The molecule has 6 nitrogen and oxygen atoms in total. The van der Waals surface area contributed by atoms with E-state index in [0.29, 0.717) is 6.54 Å². The number of amides is 1. The highest BCUT2D eigenvalue weighted by atomic mass is 19.4. The lowest BCUT2D eigenvalue weighted by atomic mass is 10.4. The highest BCUT2D eigenvalue weighted by Gasteiger charge is 2.28. The number of carboxylic acid groups (broad SMARTS) is 1. The zero-order chi connectivity index (χ0) is 15.8. The number of hydrogen-bond donors (Lipinski definition) is 2. The second kappa shape index (κ2) is 8.75. The average Bonchev–Trinajstić information content (AvgIpc) is 2.57. The maximum atomic E-state index is 11.4. The Morgan fingerprint density at radius 1 is 1.25 bits per heavy atom. The fourth-order valence-electron chi connectivity index (χ4n) is 1.53. The molecule has 118 valence electrons. The first-order valence-corrected chi connectivity index (χ1v) is 6.17. The van der Waals surface area contributed by atoms with Crippen LogP contribution in [0.1, 0.15) is 6.42 Å². The maximum Gasteiger partial charge on any atom is 0.430 e. The molecule has 1 fully saturated rings. The summed E-state index contributed by atoms with van der Waals surface area (Å²) in [5.41, 5.74) is 0. The number of aliphatic carboxylic acids is 1. The number of quaternary nitrogens is 1. The molecular weight excluding hydrogens is 279 g/mol. The summed E-state index contributed by atoms with van der Waals surface area (Å²) in [5, 5.41) is 12.1. The van der Waals surface area contributed by atoms with Gasteiger partial charge < -0.3 is 25.0 Å². The van der Waals surface area contributed by atoms with E-state index < -0.39 is 12.1 Å². The van der Waals surface area contributed by atoms with E-state index in [1.54, 1.807) is 4.90 Å². The molecule has 0 aliphatic carbocycles. The van der Waals surface area contributed by atoms with Gasteiger partial charge in [-0.1, -0.05) is 0 Å². The Kier molecular flexibility index (Phi) is 8.16. The van der Waals surface area contributed by atoms with Crippen LogP contribution in [0.3, 0.4) is 0 Å². The summed E-state index contributed by atoms with van der Waals surface area (Å²) in [6.07, 6.45) is -4.02. The van der Waals surface area contributed by atoms with Gasteiger partial charge in [0.1, 0.15) is 5.97 Å². The predicted molar refractivity (Wildman–Crippen MR) is 62.8 cm³/mol. The molecule has 20 heavy (non-hydrogen) atoms. The zero-order valence-electron chi connectivity index (χ0n) is 11.5. The van der Waals surface area contributed by atoms with Crippen LogP contribution in [0.25, 0.3) is 0 Å². The third kappa shape index (κ3) is 8.70. The summed E-state index contributed by atoms with van der Waals surface area (Å²) >= 11 is 0. The van der Waals surface area contributed by atoms with Crippen molar-refractivity contribution >= 4 is 11.9 Å². The van der Waals surface area contributed by atoms with Gasteiger partial charge in [-0.25, -0.2) is 0 Å². The molecule has 1 aliphatic rings. The molecule has 1 unspecified atom stereocenters. The first-order valence-electron chi connectivity index (χ1n) is 6.17. The van der Waals surface area contributed by atoms with Gasteiger partial charge in [-0.2, -0.15) is 13.2 Å². The molecule has 0 radical (unpaired) electrons. The SMILES string of the molecule is CN(C)C(=O)C[NH+]1CCCNCC1.O=C([O-])C(F)(F)F. The fraction of sp³-hybridized carbons (Fsp3) is 0.818. The largest absolute Gasteiger partial charge is 0.542 e. The van der Waals surface area contributed by atoms with Crippen molar-refractivity contribution in [2.24, 2.45) is 0 Å². The van der Waals surface area contributed by atoms with Crippen LogP contribution in [0, 0.1) is 0 Å². The molecule has 1 rings (SSSR count). The molecule has 2 N–H and O–H groups in total. The Hall–Kier alpha value is -1.35. The number of rotatable bonds is 2. The first kappa shape index (κ1) is 18.7. The minimum Gasteiger partial charge on any atom is -0.542 e. The number of carbonyl (C=O) groups is 2. The monoisotopic (exact) mass is 299 g/mol. The van der Waals surface area contributed by atoms with Crippen LogP contribution in [-0.2, 0) is 9.59 Å². The number of alkyl halides is 3. The van der Waals surface area contributed by atoms with Gasteiger partial charge in [0.15, 0.2) is 6.54 Å². The number of nitrogens with one attached hydrogen (secondary N) is 2. The van der Waals surface area contributed by atoms with Gasteiger partial charge in [0.05, 0.1) is 13.1 Å². The molecule has 0 bridgehead atoms. The third-order valence-electron chi connectivity index (χ3n) is 2.67. The summed E-state index contributed by atoms with van der Waals surface area (Å²) in [6.45, 7) is 4.97. The molecule has 1 saturated heterocycles. The molecule has 0 aromatic carbocycles. The van der Waals surface area contributed by atoms with E-state index in [-0.39, 0.29) is 5.91 Å². The Morgan fingerprint density at radius 2 is 1.80 bits per heavy atom. The smallest absolute Gasteiger partial charge is 0.430 e. The summed E-state index contributed by atoms with van der Waals surface area (Å²) in [6, 6.07) is 0.